The van der Waals surface area contributed by atoms with Crippen molar-refractivity contribution < 1.29 is 47.5 Å². The number of nitrogens with zero attached hydrogens (tertiary/aromatic N) is 1. The Balaban J connectivity index is 2.08. The zero-order valence-corrected chi connectivity index (χ0v) is 45.5. The molecule has 400 valence electrons. The summed E-state index contributed by atoms with van der Waals surface area (Å²) in [7, 11) is 0. The van der Waals surface area contributed by atoms with Crippen LogP contribution in [0.25, 0.3) is 0 Å². The van der Waals surface area contributed by atoms with E-state index < -0.39 is 12.6 Å². The van der Waals surface area contributed by atoms with Crippen molar-refractivity contribution in [3.63, 3.8) is 0 Å². The SMILES string of the molecule is CCCCCCCCOC(CCC(=O)OCC1(C)CC2CC(C)(COC(=O)CCCN(CC)CC)CC(COC(=O)CCC(OCCC)OCCCCCCCC)(C2)C1)OCCCCCCCC. The molecular weight excluding hydrogens is 859 g/mol. The monoisotopic (exact) mass is 966 g/mol. The molecule has 0 heterocycles. The predicted molar refractivity (Wildman–Crippen MR) is 275 cm³/mol. The second kappa shape index (κ2) is 37.9. The van der Waals surface area contributed by atoms with Crippen LogP contribution >= 0.6 is 0 Å². The molecule has 0 saturated heterocycles. The first-order valence-electron chi connectivity index (χ1n) is 28.5. The Labute approximate surface area is 417 Å². The summed E-state index contributed by atoms with van der Waals surface area (Å²) in [4.78, 5) is 42.4. The molecule has 2 aliphatic carbocycles. The van der Waals surface area contributed by atoms with Crippen LogP contribution in [0.5, 0.6) is 0 Å². The lowest BCUT2D eigenvalue weighted by molar-refractivity contribution is -0.174. The fourth-order valence-electron chi connectivity index (χ4n) is 11.2. The fraction of sp³-hybridized carbons (Fsp3) is 0.947. The maximum Gasteiger partial charge on any atom is 0.305 e. The third kappa shape index (κ3) is 28.9. The molecule has 0 amide bonds. The van der Waals surface area contributed by atoms with Crippen LogP contribution in [0.15, 0.2) is 0 Å². The number of esters is 3. The Morgan fingerprint density at radius 3 is 1.25 bits per heavy atom. The van der Waals surface area contributed by atoms with E-state index in [1.807, 2.05) is 0 Å². The van der Waals surface area contributed by atoms with Crippen LogP contribution in [0, 0.1) is 22.2 Å². The first-order valence-corrected chi connectivity index (χ1v) is 28.5. The highest BCUT2D eigenvalue weighted by atomic mass is 16.7. The summed E-state index contributed by atoms with van der Waals surface area (Å²) in [5, 5.41) is 0. The van der Waals surface area contributed by atoms with Crippen molar-refractivity contribution in [1.82, 2.24) is 4.90 Å². The van der Waals surface area contributed by atoms with Gasteiger partial charge in [-0.3, -0.25) is 14.4 Å². The molecule has 2 bridgehead atoms. The number of unbranched alkanes of at least 4 members (excludes halogenated alkanes) is 15. The van der Waals surface area contributed by atoms with Gasteiger partial charge in [0.2, 0.25) is 0 Å². The molecule has 0 aromatic carbocycles. The van der Waals surface area contributed by atoms with Gasteiger partial charge in [0.25, 0.3) is 0 Å². The van der Waals surface area contributed by atoms with E-state index in [-0.39, 0.29) is 53.6 Å². The van der Waals surface area contributed by atoms with Gasteiger partial charge in [0.15, 0.2) is 12.6 Å². The highest BCUT2D eigenvalue weighted by Crippen LogP contribution is 2.60. The highest BCUT2D eigenvalue weighted by molar-refractivity contribution is 5.70. The third-order valence-corrected chi connectivity index (χ3v) is 14.4. The molecule has 2 saturated carbocycles. The van der Waals surface area contributed by atoms with Gasteiger partial charge in [0, 0.05) is 61.9 Å². The van der Waals surface area contributed by atoms with Crippen molar-refractivity contribution in [1.29, 1.82) is 0 Å². The molecule has 68 heavy (non-hydrogen) atoms. The number of ether oxygens (including phenoxy) is 7. The summed E-state index contributed by atoms with van der Waals surface area (Å²) in [5.74, 6) is -0.312. The Morgan fingerprint density at radius 1 is 0.456 bits per heavy atom. The number of carbonyl (C=O) groups excluding carboxylic acids is 3. The number of carbonyl (C=O) groups is 3. The van der Waals surface area contributed by atoms with Crippen molar-refractivity contribution in [2.75, 3.05) is 65.9 Å². The quantitative estimate of drug-likeness (QED) is 0.0251. The minimum Gasteiger partial charge on any atom is -0.465 e. The van der Waals surface area contributed by atoms with Gasteiger partial charge in [-0.2, -0.15) is 0 Å². The molecule has 2 rings (SSSR count). The topological polar surface area (TPSA) is 119 Å². The normalized spacial score (nSPS) is 21.9. The smallest absolute Gasteiger partial charge is 0.305 e. The lowest BCUT2D eigenvalue weighted by Gasteiger charge is -2.57. The first kappa shape index (κ1) is 62.3. The third-order valence-electron chi connectivity index (χ3n) is 14.4. The lowest BCUT2D eigenvalue weighted by atomic mass is 9.49. The maximum atomic E-state index is 13.5. The minimum absolute atomic E-state index is 0.146. The molecule has 11 nitrogen and oxygen atoms in total. The molecule has 0 aromatic heterocycles. The van der Waals surface area contributed by atoms with E-state index in [2.05, 4.69) is 60.3 Å². The van der Waals surface area contributed by atoms with Crippen LogP contribution in [-0.2, 0) is 47.5 Å². The van der Waals surface area contributed by atoms with Crippen molar-refractivity contribution in [3.05, 3.63) is 0 Å². The van der Waals surface area contributed by atoms with E-state index in [1.165, 1.54) is 77.0 Å². The van der Waals surface area contributed by atoms with Crippen LogP contribution in [0.1, 0.15) is 248 Å². The van der Waals surface area contributed by atoms with Gasteiger partial charge in [0.05, 0.1) is 32.7 Å². The Hall–Kier alpha value is -1.79. The second-order valence-electron chi connectivity index (χ2n) is 21.8. The predicted octanol–water partition coefficient (Wildman–Crippen LogP) is 14.1. The average Bonchev–Trinajstić information content (AvgIpc) is 3.31. The van der Waals surface area contributed by atoms with Crippen molar-refractivity contribution in [3.8, 4) is 0 Å². The zero-order chi connectivity index (χ0) is 49.8. The molecule has 0 spiro atoms. The largest absolute Gasteiger partial charge is 0.465 e. The number of hydrogen-bond donors (Lipinski definition) is 0. The second-order valence-corrected chi connectivity index (χ2v) is 21.8. The van der Waals surface area contributed by atoms with Gasteiger partial charge in [-0.05, 0) is 89.8 Å². The molecule has 0 N–H and O–H groups in total. The van der Waals surface area contributed by atoms with Gasteiger partial charge < -0.3 is 38.1 Å². The molecule has 2 aliphatic rings. The molecule has 0 aliphatic heterocycles. The van der Waals surface area contributed by atoms with Crippen molar-refractivity contribution >= 4 is 17.9 Å². The minimum atomic E-state index is -0.429. The molecule has 5 unspecified atom stereocenters. The standard InChI is InChI=1S/C57H107NO10/c1-9-15-18-21-24-27-38-63-53(62-37-12-4)34-33-52(61)68-48-57-43-49(41-55(7,44-57)46-66-50(59)31-30-36-58(13-5)14-6)42-56(8,45-57)47-67-51(60)32-35-54(64-39-28-25-22-19-16-10-2)65-40-29-26-23-20-17-11-3/h49,53-54H,9-48H2,1-8H3. The van der Waals surface area contributed by atoms with Crippen LogP contribution < -0.4 is 0 Å². The first-order chi connectivity index (χ1) is 32.9. The highest BCUT2D eigenvalue weighted by Gasteiger charge is 2.55. The summed E-state index contributed by atoms with van der Waals surface area (Å²) in [6, 6.07) is 0. The van der Waals surface area contributed by atoms with Crippen LogP contribution in [0.3, 0.4) is 0 Å². The molecular formula is C57H107NO10. The summed E-state index contributed by atoms with van der Waals surface area (Å²) >= 11 is 0. The van der Waals surface area contributed by atoms with Crippen molar-refractivity contribution in [2.45, 2.75) is 261 Å². The van der Waals surface area contributed by atoms with E-state index in [1.54, 1.807) is 0 Å². The lowest BCUT2D eigenvalue weighted by Crippen LogP contribution is -2.52. The molecule has 0 aromatic rings. The number of rotatable bonds is 45. The average molecular weight is 966 g/mol. The van der Waals surface area contributed by atoms with Crippen molar-refractivity contribution in [2.24, 2.45) is 22.2 Å². The Kier molecular flexibility index (Phi) is 34.8. The Morgan fingerprint density at radius 2 is 0.838 bits per heavy atom. The summed E-state index contributed by atoms with van der Waals surface area (Å²) in [6.07, 6.45) is 28.3. The number of hydrogen-bond acceptors (Lipinski definition) is 11. The van der Waals surface area contributed by atoms with E-state index in [0.29, 0.717) is 64.8 Å². The number of fused-ring (bicyclic) bond motifs is 2. The van der Waals surface area contributed by atoms with Gasteiger partial charge in [-0.25, -0.2) is 0 Å². The summed E-state index contributed by atoms with van der Waals surface area (Å²) in [5.41, 5.74) is -0.891. The van der Waals surface area contributed by atoms with E-state index in [9.17, 15) is 14.4 Å². The van der Waals surface area contributed by atoms with Crippen LogP contribution in [0.4, 0.5) is 0 Å². The van der Waals surface area contributed by atoms with Gasteiger partial charge in [0.1, 0.15) is 0 Å². The van der Waals surface area contributed by atoms with Crippen LogP contribution in [0.2, 0.25) is 0 Å². The zero-order valence-electron chi connectivity index (χ0n) is 45.5. The van der Waals surface area contributed by atoms with E-state index in [4.69, 9.17) is 33.2 Å². The molecule has 11 heteroatoms. The fourth-order valence-corrected chi connectivity index (χ4v) is 11.2. The van der Waals surface area contributed by atoms with Gasteiger partial charge in [-0.1, -0.05) is 152 Å². The van der Waals surface area contributed by atoms with E-state index >= 15 is 0 Å². The molecule has 5 atom stereocenters. The molecule has 2 fully saturated rings. The summed E-state index contributed by atoms with van der Waals surface area (Å²) < 4.78 is 43.0. The molecule has 0 radical (unpaired) electrons. The van der Waals surface area contributed by atoms with E-state index in [0.717, 1.165) is 103 Å². The van der Waals surface area contributed by atoms with Gasteiger partial charge in [-0.15, -0.1) is 0 Å². The maximum absolute atomic E-state index is 13.5. The Bertz CT molecular complexity index is 1260. The van der Waals surface area contributed by atoms with Crippen LogP contribution in [-0.4, -0.2) is 101 Å². The summed E-state index contributed by atoms with van der Waals surface area (Å²) in [6.45, 7) is 23.8. The van der Waals surface area contributed by atoms with Gasteiger partial charge >= 0.3 is 17.9 Å².